The maximum atomic E-state index is 10.3. The molecule has 1 unspecified atom stereocenters. The third kappa shape index (κ3) is 2.93. The monoisotopic (exact) mass is 217 g/mol. The van der Waals surface area contributed by atoms with Crippen molar-refractivity contribution in [2.75, 3.05) is 13.6 Å². The van der Waals surface area contributed by atoms with E-state index in [4.69, 9.17) is 4.74 Å². The van der Waals surface area contributed by atoms with E-state index in [1.54, 1.807) is 0 Å². The predicted octanol–water partition coefficient (Wildman–Crippen LogP) is 1.04. The van der Waals surface area contributed by atoms with Crippen LogP contribution in [0.25, 0.3) is 0 Å². The molecule has 0 saturated heterocycles. The van der Waals surface area contributed by atoms with Gasteiger partial charge in [0.05, 0.1) is 4.92 Å². The molecule has 0 aromatic carbocycles. The van der Waals surface area contributed by atoms with Crippen LogP contribution in [0.15, 0.2) is 6.20 Å². The van der Waals surface area contributed by atoms with Crippen molar-refractivity contribution in [1.82, 2.24) is 10.3 Å². The molecule has 0 aliphatic heterocycles. The van der Waals surface area contributed by atoms with Crippen molar-refractivity contribution in [3.8, 4) is 5.19 Å². The molecule has 0 aliphatic rings. The summed E-state index contributed by atoms with van der Waals surface area (Å²) in [6.45, 7) is 2.54. The van der Waals surface area contributed by atoms with Gasteiger partial charge in [-0.25, -0.2) is 4.98 Å². The first-order chi connectivity index (χ1) is 6.63. The molecule has 1 aromatic rings. The van der Waals surface area contributed by atoms with Crippen molar-refractivity contribution < 1.29 is 9.66 Å². The molecule has 0 bridgehead atoms. The van der Waals surface area contributed by atoms with E-state index in [0.717, 1.165) is 11.3 Å². The van der Waals surface area contributed by atoms with Crippen LogP contribution in [0.3, 0.4) is 0 Å². The largest absolute Gasteiger partial charge is 0.466 e. The molecule has 0 fully saturated rings. The van der Waals surface area contributed by atoms with E-state index in [9.17, 15) is 10.1 Å². The Morgan fingerprint density at radius 3 is 3.07 bits per heavy atom. The Morgan fingerprint density at radius 2 is 2.57 bits per heavy atom. The minimum atomic E-state index is -0.479. The van der Waals surface area contributed by atoms with Gasteiger partial charge in [0.1, 0.15) is 12.3 Å². The zero-order valence-corrected chi connectivity index (χ0v) is 8.71. The Kier molecular flexibility index (Phi) is 3.78. The average Bonchev–Trinajstić information content (AvgIpc) is 2.53. The molecule has 1 heterocycles. The minimum Gasteiger partial charge on any atom is -0.466 e. The molecule has 1 rings (SSSR count). The highest BCUT2D eigenvalue weighted by Gasteiger charge is 2.13. The van der Waals surface area contributed by atoms with E-state index in [1.807, 2.05) is 14.0 Å². The maximum absolute atomic E-state index is 10.3. The van der Waals surface area contributed by atoms with Gasteiger partial charge in [-0.05, 0) is 25.3 Å². The number of rotatable bonds is 5. The van der Waals surface area contributed by atoms with Crippen molar-refractivity contribution in [3.63, 3.8) is 0 Å². The van der Waals surface area contributed by atoms with Gasteiger partial charge in [0, 0.05) is 6.54 Å². The molecule has 1 aromatic heterocycles. The zero-order chi connectivity index (χ0) is 10.6. The third-order valence-electron chi connectivity index (χ3n) is 1.45. The molecule has 1 N–H and O–H groups in total. The molecule has 1 atom stereocenters. The van der Waals surface area contributed by atoms with E-state index in [2.05, 4.69) is 10.3 Å². The van der Waals surface area contributed by atoms with Gasteiger partial charge in [-0.3, -0.25) is 10.1 Å². The highest BCUT2D eigenvalue weighted by molar-refractivity contribution is 7.16. The van der Waals surface area contributed by atoms with Crippen LogP contribution in [0.1, 0.15) is 6.92 Å². The van der Waals surface area contributed by atoms with Crippen molar-refractivity contribution >= 4 is 16.3 Å². The average molecular weight is 217 g/mol. The zero-order valence-electron chi connectivity index (χ0n) is 7.89. The number of hydrogen-bond donors (Lipinski definition) is 1. The fourth-order valence-electron chi connectivity index (χ4n) is 0.890. The molecular formula is C7H11N3O3S. The fraction of sp³-hybridized carbons (Fsp3) is 0.571. The van der Waals surface area contributed by atoms with Crippen LogP contribution in [0.5, 0.6) is 5.19 Å². The Balaban J connectivity index is 2.55. The predicted molar refractivity (Wildman–Crippen MR) is 52.8 cm³/mol. The molecule has 14 heavy (non-hydrogen) atoms. The van der Waals surface area contributed by atoms with Crippen LogP contribution in [0, 0.1) is 10.1 Å². The Labute approximate surface area is 85.1 Å². The SMILES string of the molecule is CNCC(C)Oc1ncc([N+](=O)[O-])s1. The van der Waals surface area contributed by atoms with E-state index in [-0.39, 0.29) is 11.1 Å². The van der Waals surface area contributed by atoms with E-state index in [0.29, 0.717) is 11.7 Å². The smallest absolute Gasteiger partial charge is 0.347 e. The Bertz CT molecular complexity index is 315. The summed E-state index contributed by atoms with van der Waals surface area (Å²) in [6, 6.07) is 0. The first-order valence-corrected chi connectivity index (χ1v) is 4.86. The van der Waals surface area contributed by atoms with Gasteiger partial charge < -0.3 is 10.1 Å². The van der Waals surface area contributed by atoms with E-state index in [1.165, 1.54) is 6.20 Å². The van der Waals surface area contributed by atoms with Gasteiger partial charge in [-0.15, -0.1) is 0 Å². The van der Waals surface area contributed by atoms with Crippen LogP contribution in [0.4, 0.5) is 5.00 Å². The molecule has 6 nitrogen and oxygen atoms in total. The summed E-state index contributed by atoms with van der Waals surface area (Å²) in [5.41, 5.74) is 0. The summed E-state index contributed by atoms with van der Waals surface area (Å²) in [4.78, 5) is 13.6. The summed E-state index contributed by atoms with van der Waals surface area (Å²) in [5.74, 6) is 0. The van der Waals surface area contributed by atoms with Gasteiger partial charge >= 0.3 is 5.00 Å². The first-order valence-electron chi connectivity index (χ1n) is 4.05. The first kappa shape index (κ1) is 10.9. The van der Waals surface area contributed by atoms with Gasteiger partial charge in [-0.1, -0.05) is 0 Å². The van der Waals surface area contributed by atoms with Crippen LogP contribution in [-0.4, -0.2) is 29.6 Å². The summed E-state index contributed by atoms with van der Waals surface area (Å²) < 4.78 is 5.33. The van der Waals surface area contributed by atoms with E-state index >= 15 is 0 Å². The molecule has 0 saturated carbocycles. The van der Waals surface area contributed by atoms with Gasteiger partial charge in [-0.2, -0.15) is 0 Å². The second-order valence-electron chi connectivity index (χ2n) is 2.71. The number of ether oxygens (including phenoxy) is 1. The van der Waals surface area contributed by atoms with Gasteiger partial charge in [0.2, 0.25) is 0 Å². The Morgan fingerprint density at radius 1 is 1.86 bits per heavy atom. The molecular weight excluding hydrogens is 206 g/mol. The number of nitro groups is 1. The highest BCUT2D eigenvalue weighted by atomic mass is 32.1. The summed E-state index contributed by atoms with van der Waals surface area (Å²) in [7, 11) is 1.81. The quantitative estimate of drug-likeness (QED) is 0.589. The minimum absolute atomic E-state index is 0.00309. The second kappa shape index (κ2) is 4.87. The molecule has 0 radical (unpaired) electrons. The number of aromatic nitrogens is 1. The third-order valence-corrected chi connectivity index (χ3v) is 2.29. The van der Waals surface area contributed by atoms with Gasteiger partial charge in [0.25, 0.3) is 5.19 Å². The lowest BCUT2D eigenvalue weighted by Crippen LogP contribution is -2.25. The van der Waals surface area contributed by atoms with Crippen molar-refractivity contribution in [3.05, 3.63) is 16.3 Å². The second-order valence-corrected chi connectivity index (χ2v) is 3.68. The fourth-order valence-corrected chi connectivity index (χ4v) is 1.57. The molecule has 7 heteroatoms. The topological polar surface area (TPSA) is 77.3 Å². The lowest BCUT2D eigenvalue weighted by molar-refractivity contribution is -0.380. The number of hydrogen-bond acceptors (Lipinski definition) is 6. The standard InChI is InChI=1S/C7H11N3O3S/c1-5(3-8-2)13-7-9-4-6(14-7)10(11)12/h4-5,8H,3H2,1-2H3. The van der Waals surface area contributed by atoms with E-state index < -0.39 is 4.92 Å². The van der Waals surface area contributed by atoms with Crippen LogP contribution < -0.4 is 10.1 Å². The normalized spacial score (nSPS) is 12.4. The van der Waals surface area contributed by atoms with Crippen LogP contribution in [-0.2, 0) is 0 Å². The lowest BCUT2D eigenvalue weighted by atomic mass is 10.4. The Hall–Kier alpha value is -1.21. The maximum Gasteiger partial charge on any atom is 0.347 e. The van der Waals surface area contributed by atoms with Crippen molar-refractivity contribution in [2.45, 2.75) is 13.0 Å². The lowest BCUT2D eigenvalue weighted by Gasteiger charge is -2.10. The number of thiazole rings is 1. The molecule has 0 aliphatic carbocycles. The van der Waals surface area contributed by atoms with Crippen LogP contribution in [0.2, 0.25) is 0 Å². The number of nitrogens with zero attached hydrogens (tertiary/aromatic N) is 2. The summed E-state index contributed by atoms with van der Waals surface area (Å²) in [6.07, 6.45) is 1.15. The number of nitrogens with one attached hydrogen (secondary N) is 1. The highest BCUT2D eigenvalue weighted by Crippen LogP contribution is 2.27. The van der Waals surface area contributed by atoms with Gasteiger partial charge in [0.15, 0.2) is 0 Å². The number of likely N-dealkylation sites (N-methyl/N-ethyl adjacent to an activating group) is 1. The summed E-state index contributed by atoms with van der Waals surface area (Å²) in [5, 5.41) is 13.6. The van der Waals surface area contributed by atoms with Crippen molar-refractivity contribution in [2.24, 2.45) is 0 Å². The molecule has 78 valence electrons. The van der Waals surface area contributed by atoms with Crippen molar-refractivity contribution in [1.29, 1.82) is 0 Å². The molecule has 0 spiro atoms. The van der Waals surface area contributed by atoms with Crippen LogP contribution >= 0.6 is 11.3 Å². The summed E-state index contributed by atoms with van der Waals surface area (Å²) >= 11 is 0.935. The molecule has 0 amide bonds.